The fourth-order valence-corrected chi connectivity index (χ4v) is 3.65. The summed E-state index contributed by atoms with van der Waals surface area (Å²) >= 11 is 0. The summed E-state index contributed by atoms with van der Waals surface area (Å²) in [6.07, 6.45) is 3.77. The molecule has 0 saturated carbocycles. The number of rotatable bonds is 7. The second-order valence-corrected chi connectivity index (χ2v) is 7.36. The summed E-state index contributed by atoms with van der Waals surface area (Å²) in [5.41, 5.74) is 2.89. The summed E-state index contributed by atoms with van der Waals surface area (Å²) in [7, 11) is 0. The molecular formula is C21H25N5O. The quantitative estimate of drug-likeness (QED) is 0.601. The van der Waals surface area contributed by atoms with E-state index in [4.69, 9.17) is 0 Å². The van der Waals surface area contributed by atoms with E-state index in [0.29, 0.717) is 18.9 Å². The predicted octanol–water partition coefficient (Wildman–Crippen LogP) is 3.04. The van der Waals surface area contributed by atoms with Crippen LogP contribution < -0.4 is 10.6 Å². The molecule has 0 radical (unpaired) electrons. The van der Waals surface area contributed by atoms with E-state index in [0.717, 1.165) is 41.9 Å². The molecule has 4 rings (SSSR count). The maximum absolute atomic E-state index is 12.5. The van der Waals surface area contributed by atoms with Gasteiger partial charge in [-0.3, -0.25) is 14.9 Å². The molecule has 1 aliphatic heterocycles. The topological polar surface area (TPSA) is 82.7 Å². The molecule has 1 aliphatic rings. The van der Waals surface area contributed by atoms with E-state index >= 15 is 0 Å². The van der Waals surface area contributed by atoms with Crippen LogP contribution in [0.15, 0.2) is 42.6 Å². The Labute approximate surface area is 158 Å². The van der Waals surface area contributed by atoms with E-state index in [-0.39, 0.29) is 11.7 Å². The molecule has 27 heavy (non-hydrogen) atoms. The largest absolute Gasteiger partial charge is 0.364 e. The van der Waals surface area contributed by atoms with Crippen LogP contribution in [-0.4, -0.2) is 40.1 Å². The standard InChI is InChI=1S/C21H25N5O/c1-14(15-5-3-2-4-6-15)9-18(27)10-17-11-20-19(13-23-17)21(26-25-20)24-16-7-8-22-12-16/h2-6,11,13-14,16,22H,7-10,12H2,1H3,(H2,24,25,26)/t14-,16?/m0/s1. The molecule has 6 nitrogen and oxygen atoms in total. The molecule has 3 heterocycles. The molecular weight excluding hydrogens is 338 g/mol. The summed E-state index contributed by atoms with van der Waals surface area (Å²) in [6.45, 7) is 4.08. The van der Waals surface area contributed by atoms with E-state index in [1.54, 1.807) is 0 Å². The number of nitrogens with one attached hydrogen (secondary N) is 3. The molecule has 2 atom stereocenters. The van der Waals surface area contributed by atoms with Crippen molar-refractivity contribution in [3.63, 3.8) is 0 Å². The van der Waals surface area contributed by atoms with E-state index in [1.807, 2.05) is 30.5 Å². The monoisotopic (exact) mass is 363 g/mol. The first-order chi connectivity index (χ1) is 13.2. The molecule has 2 aromatic heterocycles. The molecule has 3 N–H and O–H groups in total. The van der Waals surface area contributed by atoms with Gasteiger partial charge in [0.25, 0.3) is 0 Å². The maximum atomic E-state index is 12.5. The van der Waals surface area contributed by atoms with Crippen LogP contribution in [0.5, 0.6) is 0 Å². The van der Waals surface area contributed by atoms with Gasteiger partial charge in [-0.15, -0.1) is 0 Å². The lowest BCUT2D eigenvalue weighted by Crippen LogP contribution is -2.22. The molecule has 1 unspecified atom stereocenters. The van der Waals surface area contributed by atoms with Crippen LogP contribution >= 0.6 is 0 Å². The number of carbonyl (C=O) groups is 1. The number of pyridine rings is 1. The Morgan fingerprint density at radius 3 is 2.96 bits per heavy atom. The van der Waals surface area contributed by atoms with Gasteiger partial charge in [0.05, 0.1) is 10.9 Å². The average Bonchev–Trinajstić information content (AvgIpc) is 3.33. The number of fused-ring (bicyclic) bond motifs is 1. The number of aromatic amines is 1. The Morgan fingerprint density at radius 1 is 1.33 bits per heavy atom. The number of H-pyrrole nitrogens is 1. The second kappa shape index (κ2) is 7.88. The van der Waals surface area contributed by atoms with Gasteiger partial charge in [-0.05, 0) is 30.5 Å². The van der Waals surface area contributed by atoms with Crippen LogP contribution in [0.1, 0.15) is 36.9 Å². The van der Waals surface area contributed by atoms with Crippen LogP contribution in [0.2, 0.25) is 0 Å². The first kappa shape index (κ1) is 17.7. The first-order valence-electron chi connectivity index (χ1n) is 9.56. The van der Waals surface area contributed by atoms with Crippen molar-refractivity contribution in [1.29, 1.82) is 0 Å². The van der Waals surface area contributed by atoms with Crippen molar-refractivity contribution in [3.8, 4) is 0 Å². The third kappa shape index (κ3) is 4.17. The Kier molecular flexibility index (Phi) is 5.16. The third-order valence-electron chi connectivity index (χ3n) is 5.19. The second-order valence-electron chi connectivity index (χ2n) is 7.36. The smallest absolute Gasteiger partial charge is 0.157 e. The first-order valence-corrected chi connectivity index (χ1v) is 9.56. The number of aromatic nitrogens is 3. The molecule has 0 bridgehead atoms. The SMILES string of the molecule is C[C@@H](CC(=O)Cc1cc2[nH]nc(NC3CCNC3)c2cn1)c1ccccc1. The molecule has 0 spiro atoms. The van der Waals surface area contributed by atoms with Crippen LogP contribution in [-0.2, 0) is 11.2 Å². The average molecular weight is 363 g/mol. The zero-order valence-corrected chi connectivity index (χ0v) is 15.5. The molecule has 0 aliphatic carbocycles. The van der Waals surface area contributed by atoms with Gasteiger partial charge in [-0.2, -0.15) is 5.10 Å². The summed E-state index contributed by atoms with van der Waals surface area (Å²) in [4.78, 5) is 17.0. The van der Waals surface area contributed by atoms with Crippen LogP contribution in [0.4, 0.5) is 5.82 Å². The van der Waals surface area contributed by atoms with Crippen LogP contribution in [0.25, 0.3) is 10.9 Å². The fourth-order valence-electron chi connectivity index (χ4n) is 3.65. The van der Waals surface area contributed by atoms with Crippen molar-refractivity contribution < 1.29 is 4.79 Å². The highest BCUT2D eigenvalue weighted by Crippen LogP contribution is 2.23. The molecule has 1 aromatic carbocycles. The van der Waals surface area contributed by atoms with Crippen molar-refractivity contribution in [2.75, 3.05) is 18.4 Å². The molecule has 1 fully saturated rings. The van der Waals surface area contributed by atoms with Crippen molar-refractivity contribution in [3.05, 3.63) is 53.9 Å². The highest BCUT2D eigenvalue weighted by molar-refractivity contribution is 5.90. The van der Waals surface area contributed by atoms with Gasteiger partial charge in [0.2, 0.25) is 0 Å². The highest BCUT2D eigenvalue weighted by Gasteiger charge is 2.17. The lowest BCUT2D eigenvalue weighted by Gasteiger charge is -2.11. The van der Waals surface area contributed by atoms with E-state index in [9.17, 15) is 4.79 Å². The van der Waals surface area contributed by atoms with E-state index < -0.39 is 0 Å². The van der Waals surface area contributed by atoms with Gasteiger partial charge in [0.15, 0.2) is 5.82 Å². The number of carbonyl (C=O) groups excluding carboxylic acids is 1. The fraction of sp³-hybridized carbons (Fsp3) is 0.381. The van der Waals surface area contributed by atoms with E-state index in [2.05, 4.69) is 44.9 Å². The zero-order valence-electron chi connectivity index (χ0n) is 15.5. The number of benzene rings is 1. The Morgan fingerprint density at radius 2 is 2.19 bits per heavy atom. The number of hydrogen-bond acceptors (Lipinski definition) is 5. The van der Waals surface area contributed by atoms with Gasteiger partial charge in [0.1, 0.15) is 5.78 Å². The zero-order chi connectivity index (χ0) is 18.6. The minimum Gasteiger partial charge on any atom is -0.364 e. The Balaban J connectivity index is 1.41. The normalized spacial score (nSPS) is 17.9. The van der Waals surface area contributed by atoms with Crippen molar-refractivity contribution in [2.45, 2.75) is 38.1 Å². The van der Waals surface area contributed by atoms with E-state index in [1.165, 1.54) is 5.56 Å². The van der Waals surface area contributed by atoms with Crippen molar-refractivity contribution in [1.82, 2.24) is 20.5 Å². The van der Waals surface area contributed by atoms with Crippen molar-refractivity contribution in [2.24, 2.45) is 0 Å². The van der Waals surface area contributed by atoms with Gasteiger partial charge in [0, 0.05) is 37.3 Å². The minimum atomic E-state index is 0.202. The van der Waals surface area contributed by atoms with Crippen molar-refractivity contribution >= 4 is 22.5 Å². The number of Topliss-reactive ketones (excluding diaryl/α,β-unsaturated/α-hetero) is 1. The molecule has 140 valence electrons. The summed E-state index contributed by atoms with van der Waals surface area (Å²) in [5.74, 6) is 1.25. The van der Waals surface area contributed by atoms with Crippen LogP contribution in [0, 0.1) is 0 Å². The lowest BCUT2D eigenvalue weighted by molar-refractivity contribution is -0.118. The highest BCUT2D eigenvalue weighted by atomic mass is 16.1. The number of nitrogens with zero attached hydrogens (tertiary/aromatic N) is 2. The minimum absolute atomic E-state index is 0.202. The number of ketones is 1. The lowest BCUT2D eigenvalue weighted by atomic mass is 9.94. The maximum Gasteiger partial charge on any atom is 0.157 e. The van der Waals surface area contributed by atoms with Gasteiger partial charge < -0.3 is 10.6 Å². The number of hydrogen-bond donors (Lipinski definition) is 3. The summed E-state index contributed by atoms with van der Waals surface area (Å²) < 4.78 is 0. The molecule has 0 amide bonds. The molecule has 6 heteroatoms. The Bertz CT molecular complexity index is 915. The van der Waals surface area contributed by atoms with Gasteiger partial charge >= 0.3 is 0 Å². The van der Waals surface area contributed by atoms with Crippen LogP contribution in [0.3, 0.4) is 0 Å². The Hall–Kier alpha value is -2.73. The van der Waals surface area contributed by atoms with Gasteiger partial charge in [-0.25, -0.2) is 0 Å². The summed E-state index contributed by atoms with van der Waals surface area (Å²) in [5, 5.41) is 15.2. The number of anilines is 1. The predicted molar refractivity (Wildman–Crippen MR) is 107 cm³/mol. The molecule has 1 saturated heterocycles. The van der Waals surface area contributed by atoms with Gasteiger partial charge in [-0.1, -0.05) is 37.3 Å². The molecule has 3 aromatic rings. The summed E-state index contributed by atoms with van der Waals surface area (Å²) in [6, 6.07) is 12.5. The third-order valence-corrected chi connectivity index (χ3v) is 5.19.